The zero-order valence-electron chi connectivity index (χ0n) is 7.49. The summed E-state index contributed by atoms with van der Waals surface area (Å²) in [7, 11) is 0. The average molecular weight is 196 g/mol. The Morgan fingerprint density at radius 2 is 2.38 bits per heavy atom. The lowest BCUT2D eigenvalue weighted by molar-refractivity contribution is 0.303. The molecule has 2 N–H and O–H groups in total. The smallest absolute Gasteiger partial charge is 0.160 e. The summed E-state index contributed by atoms with van der Waals surface area (Å²) < 4.78 is 5.56. The second-order valence-electron chi connectivity index (χ2n) is 3.08. The van der Waals surface area contributed by atoms with Gasteiger partial charge in [0.25, 0.3) is 0 Å². The van der Waals surface area contributed by atoms with Crippen LogP contribution in [0, 0.1) is 0 Å². The highest BCUT2D eigenvalue weighted by molar-refractivity contribution is 7.98. The Morgan fingerprint density at radius 3 is 2.92 bits per heavy atom. The van der Waals surface area contributed by atoms with Crippen molar-refractivity contribution in [1.29, 1.82) is 0 Å². The first-order valence-electron chi connectivity index (χ1n) is 4.26. The van der Waals surface area contributed by atoms with E-state index in [-0.39, 0.29) is 0 Å². The van der Waals surface area contributed by atoms with Crippen LogP contribution >= 0.6 is 11.8 Å². The number of anilines is 1. The molecule has 0 unspecified atom stereocenters. The van der Waals surface area contributed by atoms with Gasteiger partial charge in [0.15, 0.2) is 5.75 Å². The largest absolute Gasteiger partial charge is 0.487 e. The van der Waals surface area contributed by atoms with E-state index in [1.807, 2.05) is 12.3 Å². The first-order valence-corrected chi connectivity index (χ1v) is 5.48. The minimum atomic E-state index is 0.379. The van der Waals surface area contributed by atoms with Gasteiger partial charge < -0.3 is 10.5 Å². The molecule has 1 saturated carbocycles. The van der Waals surface area contributed by atoms with Crippen LogP contribution in [0.4, 0.5) is 5.69 Å². The number of ether oxygens (including phenoxy) is 1. The Hall–Kier alpha value is -0.900. The molecule has 0 saturated heterocycles. The lowest BCUT2D eigenvalue weighted by Crippen LogP contribution is -2.00. The summed E-state index contributed by atoms with van der Waals surface area (Å²) in [4.78, 5) is 4.20. The number of nitrogens with zero attached hydrogens (tertiary/aromatic N) is 1. The second-order valence-corrected chi connectivity index (χ2v) is 3.91. The van der Waals surface area contributed by atoms with Gasteiger partial charge in [0.2, 0.25) is 0 Å². The molecular weight excluding hydrogens is 184 g/mol. The highest BCUT2D eigenvalue weighted by Crippen LogP contribution is 2.31. The van der Waals surface area contributed by atoms with Crippen molar-refractivity contribution in [3.8, 4) is 5.75 Å². The molecule has 0 aliphatic heterocycles. The number of hydrogen-bond donors (Lipinski definition) is 1. The average Bonchev–Trinajstić information content (AvgIpc) is 2.92. The van der Waals surface area contributed by atoms with E-state index in [0.717, 1.165) is 23.6 Å². The molecule has 1 aromatic heterocycles. The van der Waals surface area contributed by atoms with E-state index in [4.69, 9.17) is 10.5 Å². The van der Waals surface area contributed by atoms with Crippen molar-refractivity contribution in [2.45, 2.75) is 24.0 Å². The van der Waals surface area contributed by atoms with Crippen LogP contribution in [0.1, 0.15) is 12.8 Å². The molecule has 1 fully saturated rings. The Kier molecular flexibility index (Phi) is 2.31. The van der Waals surface area contributed by atoms with Gasteiger partial charge in [-0.25, -0.2) is 4.98 Å². The van der Waals surface area contributed by atoms with Crippen LogP contribution in [0.2, 0.25) is 0 Å². The normalized spacial score (nSPS) is 15.8. The number of rotatable bonds is 3. The predicted molar refractivity (Wildman–Crippen MR) is 54.1 cm³/mol. The monoisotopic (exact) mass is 196 g/mol. The van der Waals surface area contributed by atoms with Gasteiger partial charge >= 0.3 is 0 Å². The van der Waals surface area contributed by atoms with Crippen LogP contribution in [0.5, 0.6) is 5.75 Å². The van der Waals surface area contributed by atoms with Crippen molar-refractivity contribution in [2.24, 2.45) is 0 Å². The standard InChI is InChI=1S/C9H12N2OS/c1-13-9-4-7(10)8(5-11-9)12-6-2-3-6/h4-6H,2-3H2,1H3,(H2,10,11). The molecule has 0 spiro atoms. The molecule has 1 aliphatic rings. The molecule has 1 aliphatic carbocycles. The molecule has 70 valence electrons. The quantitative estimate of drug-likeness (QED) is 0.750. The number of nitrogens with two attached hydrogens (primary N) is 1. The molecule has 1 heterocycles. The highest BCUT2D eigenvalue weighted by atomic mass is 32.2. The molecule has 0 amide bonds. The number of nitrogen functional groups attached to an aromatic ring is 1. The van der Waals surface area contributed by atoms with Gasteiger partial charge in [0, 0.05) is 0 Å². The molecule has 2 rings (SSSR count). The number of thioether (sulfide) groups is 1. The Balaban J connectivity index is 2.15. The van der Waals surface area contributed by atoms with Gasteiger partial charge in [-0.2, -0.15) is 0 Å². The molecule has 0 aromatic carbocycles. The maximum atomic E-state index is 5.79. The van der Waals surface area contributed by atoms with Crippen LogP contribution in [0.15, 0.2) is 17.3 Å². The van der Waals surface area contributed by atoms with Gasteiger partial charge in [0.05, 0.1) is 23.0 Å². The SMILES string of the molecule is CSc1cc(N)c(OC2CC2)cn1. The van der Waals surface area contributed by atoms with Crippen LogP contribution in [-0.4, -0.2) is 17.3 Å². The second kappa shape index (κ2) is 3.46. The fourth-order valence-corrected chi connectivity index (χ4v) is 1.42. The summed E-state index contributed by atoms with van der Waals surface area (Å²) in [6.45, 7) is 0. The van der Waals surface area contributed by atoms with Crippen molar-refractivity contribution >= 4 is 17.4 Å². The lowest BCUT2D eigenvalue weighted by Gasteiger charge is -2.07. The van der Waals surface area contributed by atoms with Crippen molar-refractivity contribution in [2.75, 3.05) is 12.0 Å². The third-order valence-electron chi connectivity index (χ3n) is 1.90. The van der Waals surface area contributed by atoms with E-state index in [2.05, 4.69) is 4.98 Å². The van der Waals surface area contributed by atoms with Gasteiger partial charge in [-0.15, -0.1) is 11.8 Å². The topological polar surface area (TPSA) is 48.1 Å². The van der Waals surface area contributed by atoms with Crippen LogP contribution in [0.3, 0.4) is 0 Å². The zero-order chi connectivity index (χ0) is 9.26. The fraction of sp³-hybridized carbons (Fsp3) is 0.444. The molecule has 13 heavy (non-hydrogen) atoms. The maximum Gasteiger partial charge on any atom is 0.160 e. The van der Waals surface area contributed by atoms with Crippen molar-refractivity contribution in [1.82, 2.24) is 4.98 Å². The third kappa shape index (κ3) is 2.06. The zero-order valence-corrected chi connectivity index (χ0v) is 8.30. The van der Waals surface area contributed by atoms with E-state index < -0.39 is 0 Å². The summed E-state index contributed by atoms with van der Waals surface area (Å²) >= 11 is 1.58. The van der Waals surface area contributed by atoms with Crippen molar-refractivity contribution < 1.29 is 4.74 Å². The lowest BCUT2D eigenvalue weighted by atomic mass is 10.4. The van der Waals surface area contributed by atoms with E-state index in [0.29, 0.717) is 11.8 Å². The fourth-order valence-electron chi connectivity index (χ4n) is 1.01. The number of aromatic nitrogens is 1. The third-order valence-corrected chi connectivity index (χ3v) is 2.54. The van der Waals surface area contributed by atoms with Gasteiger partial charge in [-0.05, 0) is 25.2 Å². The first kappa shape index (κ1) is 8.69. The van der Waals surface area contributed by atoms with E-state index in [1.54, 1.807) is 18.0 Å². The summed E-state index contributed by atoms with van der Waals surface area (Å²) in [5.41, 5.74) is 6.48. The Bertz CT molecular complexity index is 312. The van der Waals surface area contributed by atoms with Crippen LogP contribution in [0.25, 0.3) is 0 Å². The van der Waals surface area contributed by atoms with Crippen molar-refractivity contribution in [3.05, 3.63) is 12.3 Å². The number of pyridine rings is 1. The Labute approximate surface area is 81.7 Å². The summed E-state index contributed by atoms with van der Waals surface area (Å²) in [5, 5.41) is 0.931. The predicted octanol–water partition coefficient (Wildman–Crippen LogP) is 1.93. The molecule has 0 radical (unpaired) electrons. The van der Waals surface area contributed by atoms with E-state index >= 15 is 0 Å². The summed E-state index contributed by atoms with van der Waals surface area (Å²) in [6.07, 6.45) is 6.35. The van der Waals surface area contributed by atoms with E-state index in [9.17, 15) is 0 Å². The van der Waals surface area contributed by atoms with E-state index in [1.165, 1.54) is 0 Å². The highest BCUT2D eigenvalue weighted by Gasteiger charge is 2.24. The Morgan fingerprint density at radius 1 is 1.62 bits per heavy atom. The first-order chi connectivity index (χ1) is 6.29. The van der Waals surface area contributed by atoms with Crippen LogP contribution < -0.4 is 10.5 Å². The molecular formula is C9H12N2OS. The molecule has 0 atom stereocenters. The molecule has 0 bridgehead atoms. The van der Waals surface area contributed by atoms with Gasteiger partial charge in [-0.3, -0.25) is 0 Å². The van der Waals surface area contributed by atoms with Gasteiger partial charge in [0.1, 0.15) is 0 Å². The summed E-state index contributed by atoms with van der Waals surface area (Å²) in [6, 6.07) is 1.85. The maximum absolute atomic E-state index is 5.79. The minimum absolute atomic E-state index is 0.379. The molecule has 3 nitrogen and oxygen atoms in total. The molecule has 1 aromatic rings. The minimum Gasteiger partial charge on any atom is -0.487 e. The molecule has 4 heteroatoms. The number of hydrogen-bond acceptors (Lipinski definition) is 4. The van der Waals surface area contributed by atoms with Crippen LogP contribution in [-0.2, 0) is 0 Å². The van der Waals surface area contributed by atoms with Gasteiger partial charge in [-0.1, -0.05) is 0 Å². The summed E-state index contributed by atoms with van der Waals surface area (Å²) in [5.74, 6) is 0.723. The van der Waals surface area contributed by atoms with Crippen molar-refractivity contribution in [3.63, 3.8) is 0 Å².